The van der Waals surface area contributed by atoms with E-state index in [1.165, 1.54) is 11.3 Å². The van der Waals surface area contributed by atoms with Gasteiger partial charge >= 0.3 is 0 Å². The fourth-order valence-electron chi connectivity index (χ4n) is 2.43. The van der Waals surface area contributed by atoms with E-state index in [1.807, 2.05) is 17.8 Å². The topological polar surface area (TPSA) is 49.4 Å². The zero-order valence-corrected chi connectivity index (χ0v) is 15.3. The van der Waals surface area contributed by atoms with E-state index in [2.05, 4.69) is 26.1 Å². The molecule has 1 aliphatic heterocycles. The van der Waals surface area contributed by atoms with Crippen molar-refractivity contribution in [2.75, 3.05) is 19.6 Å². The zero-order chi connectivity index (χ0) is 15.5. The average Bonchev–Trinajstić information content (AvgIpc) is 2.87. The summed E-state index contributed by atoms with van der Waals surface area (Å²) in [5, 5.41) is 4.02. The summed E-state index contributed by atoms with van der Waals surface area (Å²) in [4.78, 5) is 1.08. The smallest absolute Gasteiger partial charge is 0.252 e. The van der Waals surface area contributed by atoms with E-state index in [-0.39, 0.29) is 0 Å². The van der Waals surface area contributed by atoms with E-state index in [1.54, 1.807) is 10.4 Å². The van der Waals surface area contributed by atoms with Gasteiger partial charge in [-0.2, -0.15) is 16.1 Å². The van der Waals surface area contributed by atoms with Gasteiger partial charge in [-0.05, 0) is 25.1 Å². The monoisotopic (exact) mass is 348 g/mol. The number of nitrogens with zero attached hydrogens (tertiary/aromatic N) is 1. The van der Waals surface area contributed by atoms with E-state index < -0.39 is 10.0 Å². The molecular weight excluding hydrogens is 324 g/mol. The number of rotatable bonds is 6. The molecule has 1 aromatic rings. The number of hydrogen-bond donors (Lipinski definition) is 1. The van der Waals surface area contributed by atoms with Crippen molar-refractivity contribution in [3.63, 3.8) is 0 Å². The molecule has 0 aromatic carbocycles. The molecule has 0 amide bonds. The van der Waals surface area contributed by atoms with Gasteiger partial charge in [0.1, 0.15) is 4.21 Å². The fourth-order valence-corrected chi connectivity index (χ4v) is 7.05. The molecule has 1 aliphatic rings. The normalized spacial score (nSPS) is 24.3. The molecular formula is C14H24N2O2S3. The highest BCUT2D eigenvalue weighted by atomic mass is 32.2. The summed E-state index contributed by atoms with van der Waals surface area (Å²) in [6.07, 6.45) is 1.08. The summed E-state index contributed by atoms with van der Waals surface area (Å²) in [6, 6.07) is 3.67. The zero-order valence-electron chi connectivity index (χ0n) is 12.8. The van der Waals surface area contributed by atoms with Crippen LogP contribution in [0.2, 0.25) is 0 Å². The fraction of sp³-hybridized carbons (Fsp3) is 0.714. The second kappa shape index (κ2) is 7.46. The van der Waals surface area contributed by atoms with Crippen LogP contribution in [-0.2, 0) is 16.6 Å². The molecule has 21 heavy (non-hydrogen) atoms. The Bertz CT molecular complexity index is 546. The molecule has 2 unspecified atom stereocenters. The van der Waals surface area contributed by atoms with Gasteiger partial charge in [0.2, 0.25) is 0 Å². The van der Waals surface area contributed by atoms with Crippen LogP contribution in [0, 0.1) is 0 Å². The van der Waals surface area contributed by atoms with Crippen LogP contribution in [0.3, 0.4) is 0 Å². The van der Waals surface area contributed by atoms with Crippen LogP contribution >= 0.6 is 23.1 Å². The highest BCUT2D eigenvalue weighted by molar-refractivity contribution is 8.00. The summed E-state index contributed by atoms with van der Waals surface area (Å²) >= 11 is 3.25. The van der Waals surface area contributed by atoms with Crippen LogP contribution in [0.5, 0.6) is 0 Å². The molecule has 2 rings (SSSR count). The Morgan fingerprint density at radius 3 is 2.57 bits per heavy atom. The van der Waals surface area contributed by atoms with Crippen LogP contribution in [0.1, 0.15) is 32.1 Å². The van der Waals surface area contributed by atoms with Crippen molar-refractivity contribution >= 4 is 33.1 Å². The lowest BCUT2D eigenvalue weighted by Gasteiger charge is -2.33. The quantitative estimate of drug-likeness (QED) is 0.803. The van der Waals surface area contributed by atoms with Crippen LogP contribution < -0.4 is 5.32 Å². The number of sulfonamides is 1. The van der Waals surface area contributed by atoms with Crippen molar-refractivity contribution in [3.8, 4) is 0 Å². The van der Waals surface area contributed by atoms with Gasteiger partial charge in [0.25, 0.3) is 10.0 Å². The Kier molecular flexibility index (Phi) is 6.14. The number of thiophene rings is 1. The molecule has 0 bridgehead atoms. The SMILES string of the molecule is CCCNCc1ccc(S(=O)(=O)N2CC(C)SC(C)C2)s1. The highest BCUT2D eigenvalue weighted by Gasteiger charge is 2.32. The predicted molar refractivity (Wildman–Crippen MR) is 91.6 cm³/mol. The summed E-state index contributed by atoms with van der Waals surface area (Å²) in [5.74, 6) is 0. The largest absolute Gasteiger partial charge is 0.312 e. The van der Waals surface area contributed by atoms with Gasteiger partial charge in [0, 0.05) is 35.0 Å². The third-order valence-corrected chi connectivity index (χ3v) is 7.95. The lowest BCUT2D eigenvalue weighted by molar-refractivity contribution is 0.406. The summed E-state index contributed by atoms with van der Waals surface area (Å²) < 4.78 is 27.6. The second-order valence-corrected chi connectivity index (χ2v) is 10.7. The van der Waals surface area contributed by atoms with Gasteiger partial charge < -0.3 is 5.32 Å². The Balaban J connectivity index is 2.08. The maximum Gasteiger partial charge on any atom is 0.252 e. The van der Waals surface area contributed by atoms with E-state index >= 15 is 0 Å². The number of thioether (sulfide) groups is 1. The van der Waals surface area contributed by atoms with Crippen molar-refractivity contribution < 1.29 is 8.42 Å². The molecule has 2 heterocycles. The molecule has 4 nitrogen and oxygen atoms in total. The van der Waals surface area contributed by atoms with Gasteiger partial charge in [-0.15, -0.1) is 11.3 Å². The first-order chi connectivity index (χ1) is 9.93. The molecule has 0 saturated carbocycles. The summed E-state index contributed by atoms with van der Waals surface area (Å²) in [7, 11) is -3.33. The Morgan fingerprint density at radius 2 is 1.95 bits per heavy atom. The first-order valence-corrected chi connectivity index (χ1v) is 10.6. The minimum absolute atomic E-state index is 0.356. The minimum Gasteiger partial charge on any atom is -0.312 e. The van der Waals surface area contributed by atoms with E-state index in [9.17, 15) is 8.42 Å². The van der Waals surface area contributed by atoms with Crippen LogP contribution in [0.15, 0.2) is 16.3 Å². The van der Waals surface area contributed by atoms with Crippen molar-refractivity contribution in [1.82, 2.24) is 9.62 Å². The standard InChI is InChI=1S/C14H24N2O2S3/c1-4-7-15-8-13-5-6-14(20-13)21(17,18)16-9-11(2)19-12(3)10-16/h5-6,11-12,15H,4,7-10H2,1-3H3. The number of nitrogens with one attached hydrogen (secondary N) is 1. The summed E-state index contributed by atoms with van der Waals surface area (Å²) in [5.41, 5.74) is 0. The van der Waals surface area contributed by atoms with Gasteiger partial charge in [0.05, 0.1) is 0 Å². The molecule has 7 heteroatoms. The van der Waals surface area contributed by atoms with E-state index in [4.69, 9.17) is 0 Å². The van der Waals surface area contributed by atoms with Crippen LogP contribution in [0.4, 0.5) is 0 Å². The van der Waals surface area contributed by atoms with Gasteiger partial charge in [0.15, 0.2) is 0 Å². The summed E-state index contributed by atoms with van der Waals surface area (Å²) in [6.45, 7) is 9.23. The third-order valence-electron chi connectivity index (χ3n) is 3.34. The van der Waals surface area contributed by atoms with Gasteiger partial charge in [-0.3, -0.25) is 0 Å². The Hall–Kier alpha value is -0.0800. The maximum absolute atomic E-state index is 12.7. The molecule has 2 atom stereocenters. The lowest BCUT2D eigenvalue weighted by atomic mass is 10.4. The molecule has 0 radical (unpaired) electrons. The van der Waals surface area contributed by atoms with Gasteiger partial charge in [-0.25, -0.2) is 8.42 Å². The highest BCUT2D eigenvalue weighted by Crippen LogP contribution is 2.31. The van der Waals surface area contributed by atoms with Crippen molar-refractivity contribution in [2.24, 2.45) is 0 Å². The minimum atomic E-state index is -3.33. The molecule has 1 fully saturated rings. The maximum atomic E-state index is 12.7. The molecule has 1 N–H and O–H groups in total. The third kappa shape index (κ3) is 4.45. The lowest BCUT2D eigenvalue weighted by Crippen LogP contribution is -2.43. The van der Waals surface area contributed by atoms with E-state index in [0.717, 1.165) is 24.4 Å². The molecule has 1 saturated heterocycles. The van der Waals surface area contributed by atoms with Crippen molar-refractivity contribution in [2.45, 2.75) is 48.4 Å². The number of hydrogen-bond acceptors (Lipinski definition) is 5. The Labute approximate surface area is 136 Å². The molecule has 120 valence electrons. The first-order valence-electron chi connectivity index (χ1n) is 7.38. The van der Waals surface area contributed by atoms with Crippen molar-refractivity contribution in [3.05, 3.63) is 17.0 Å². The van der Waals surface area contributed by atoms with Gasteiger partial charge in [-0.1, -0.05) is 20.8 Å². The van der Waals surface area contributed by atoms with E-state index in [0.29, 0.717) is 27.8 Å². The molecule has 0 aliphatic carbocycles. The van der Waals surface area contributed by atoms with Crippen LogP contribution in [-0.4, -0.2) is 42.9 Å². The first kappa shape index (κ1) is 17.3. The van der Waals surface area contributed by atoms with Crippen molar-refractivity contribution in [1.29, 1.82) is 0 Å². The predicted octanol–water partition coefficient (Wildman–Crippen LogP) is 2.76. The van der Waals surface area contributed by atoms with Crippen LogP contribution in [0.25, 0.3) is 0 Å². The average molecular weight is 349 g/mol. The molecule has 0 spiro atoms. The Morgan fingerprint density at radius 1 is 1.29 bits per heavy atom. The second-order valence-electron chi connectivity index (χ2n) is 5.48. The molecule has 1 aromatic heterocycles.